The molecule has 0 spiro atoms. The first-order chi connectivity index (χ1) is 16.6. The number of hydrogen-bond acceptors (Lipinski definition) is 6. The molecular formula is C26H36N6OS. The molecule has 5 rings (SSSR count). The Morgan fingerprint density at radius 2 is 2.06 bits per heavy atom. The third-order valence-electron chi connectivity index (χ3n) is 7.23. The first kappa shape index (κ1) is 23.5. The van der Waals surface area contributed by atoms with Gasteiger partial charge in [0.05, 0.1) is 12.2 Å². The van der Waals surface area contributed by atoms with E-state index in [0.29, 0.717) is 6.04 Å². The van der Waals surface area contributed by atoms with Crippen molar-refractivity contribution in [3.8, 4) is 0 Å². The van der Waals surface area contributed by atoms with Crippen LogP contribution in [-0.2, 0) is 24.8 Å². The molecule has 182 valence electrons. The van der Waals surface area contributed by atoms with Crippen molar-refractivity contribution in [3.05, 3.63) is 59.2 Å². The number of rotatable bonds is 5. The van der Waals surface area contributed by atoms with E-state index in [1.807, 2.05) is 36.1 Å². The van der Waals surface area contributed by atoms with Gasteiger partial charge in [0.1, 0.15) is 0 Å². The third-order valence-corrected chi connectivity index (χ3v) is 8.05. The van der Waals surface area contributed by atoms with Crippen LogP contribution in [0.3, 0.4) is 0 Å². The van der Waals surface area contributed by atoms with Gasteiger partial charge < -0.3 is 9.64 Å². The molecular weight excluding hydrogens is 444 g/mol. The Morgan fingerprint density at radius 1 is 1.24 bits per heavy atom. The number of piperidine rings is 1. The number of aromatic nitrogens is 4. The normalized spacial score (nSPS) is 22.5. The van der Waals surface area contributed by atoms with Crippen molar-refractivity contribution in [1.29, 1.82) is 0 Å². The molecule has 7 nitrogen and oxygen atoms in total. The van der Waals surface area contributed by atoms with Gasteiger partial charge in [-0.25, -0.2) is 4.31 Å². The largest absolute Gasteiger partial charge is 0.381 e. The van der Waals surface area contributed by atoms with Crippen LogP contribution < -0.4 is 4.90 Å². The van der Waals surface area contributed by atoms with E-state index in [-0.39, 0.29) is 0 Å². The van der Waals surface area contributed by atoms with Crippen molar-refractivity contribution >= 4 is 23.3 Å². The molecule has 0 unspecified atom stereocenters. The van der Waals surface area contributed by atoms with E-state index in [9.17, 15) is 0 Å². The molecule has 3 aliphatic rings. The highest BCUT2D eigenvalue weighted by Crippen LogP contribution is 2.39. The van der Waals surface area contributed by atoms with Crippen molar-refractivity contribution in [2.45, 2.75) is 51.6 Å². The minimum Gasteiger partial charge on any atom is -0.381 e. The minimum atomic E-state index is 0.441. The van der Waals surface area contributed by atoms with Crippen molar-refractivity contribution in [3.63, 3.8) is 0 Å². The molecule has 2 fully saturated rings. The molecule has 5 heterocycles. The molecule has 34 heavy (non-hydrogen) atoms. The lowest BCUT2D eigenvalue weighted by molar-refractivity contribution is 0.0652. The zero-order chi connectivity index (χ0) is 23.7. The lowest BCUT2D eigenvalue weighted by atomic mass is 9.96. The monoisotopic (exact) mass is 480 g/mol. The highest BCUT2D eigenvalue weighted by Gasteiger charge is 2.33. The van der Waals surface area contributed by atoms with Crippen LogP contribution in [-0.4, -0.2) is 56.4 Å². The average molecular weight is 481 g/mol. The average Bonchev–Trinajstić information content (AvgIpc) is 3.48. The quantitative estimate of drug-likeness (QED) is 0.576. The number of fused-ring (bicyclic) bond motifs is 1. The zero-order valence-electron chi connectivity index (χ0n) is 20.7. The second-order valence-corrected chi connectivity index (χ2v) is 10.2. The molecule has 2 aromatic heterocycles. The second-order valence-electron chi connectivity index (χ2n) is 9.36. The molecule has 0 atom stereocenters. The van der Waals surface area contributed by atoms with Crippen LogP contribution in [0.2, 0.25) is 0 Å². The Bertz CT molecular complexity index is 1110. The summed E-state index contributed by atoms with van der Waals surface area (Å²) in [5.41, 5.74) is 7.50. The molecule has 0 amide bonds. The summed E-state index contributed by atoms with van der Waals surface area (Å²) in [5.74, 6) is 1.14. The Morgan fingerprint density at radius 3 is 2.76 bits per heavy atom. The van der Waals surface area contributed by atoms with E-state index in [1.165, 1.54) is 22.5 Å². The smallest absolute Gasteiger partial charge is 0.159 e. The summed E-state index contributed by atoms with van der Waals surface area (Å²) in [6.07, 6.45) is 15.9. The molecule has 8 heteroatoms. The van der Waals surface area contributed by atoms with Crippen LogP contribution >= 0.6 is 11.9 Å². The third kappa shape index (κ3) is 4.51. The maximum atomic E-state index is 5.65. The van der Waals surface area contributed by atoms with Gasteiger partial charge in [-0.05, 0) is 56.1 Å². The highest BCUT2D eigenvalue weighted by atomic mass is 32.2. The molecule has 2 saturated heterocycles. The van der Waals surface area contributed by atoms with Crippen LogP contribution in [0.4, 0.5) is 5.82 Å². The molecule has 0 bridgehead atoms. The predicted octanol–water partition coefficient (Wildman–Crippen LogP) is 4.75. The fraction of sp³-hybridized carbons (Fsp3) is 0.538. The summed E-state index contributed by atoms with van der Waals surface area (Å²) in [5, 5.41) is 9.64. The number of allylic oxidation sites excluding steroid dienone is 4. The number of nitrogens with zero attached hydrogens (tertiary/aromatic N) is 6. The Labute approximate surface area is 207 Å². The van der Waals surface area contributed by atoms with Crippen LogP contribution in [0.15, 0.2) is 42.4 Å². The van der Waals surface area contributed by atoms with E-state index in [1.54, 1.807) is 0 Å². The van der Waals surface area contributed by atoms with Crippen LogP contribution in [0, 0.1) is 0 Å². The first-order valence-electron chi connectivity index (χ1n) is 12.4. The van der Waals surface area contributed by atoms with Crippen LogP contribution in [0.5, 0.6) is 0 Å². The summed E-state index contributed by atoms with van der Waals surface area (Å²) in [6, 6.07) is 0.441. The van der Waals surface area contributed by atoms with Crippen molar-refractivity contribution in [1.82, 2.24) is 23.9 Å². The van der Waals surface area contributed by atoms with Gasteiger partial charge in [0.2, 0.25) is 0 Å². The molecule has 0 saturated carbocycles. The number of anilines is 1. The van der Waals surface area contributed by atoms with Crippen molar-refractivity contribution in [2.24, 2.45) is 7.05 Å². The van der Waals surface area contributed by atoms with Crippen molar-refractivity contribution in [2.75, 3.05) is 37.5 Å². The van der Waals surface area contributed by atoms with E-state index in [2.05, 4.69) is 50.9 Å². The van der Waals surface area contributed by atoms with Gasteiger partial charge in [-0.3, -0.25) is 9.36 Å². The van der Waals surface area contributed by atoms with E-state index in [4.69, 9.17) is 9.84 Å². The fourth-order valence-electron chi connectivity index (χ4n) is 5.45. The van der Waals surface area contributed by atoms with Gasteiger partial charge in [0.15, 0.2) is 5.82 Å². The van der Waals surface area contributed by atoms with Gasteiger partial charge in [-0.15, -0.1) is 0 Å². The zero-order valence-corrected chi connectivity index (χ0v) is 21.5. The summed E-state index contributed by atoms with van der Waals surface area (Å²) in [7, 11) is 1.94. The summed E-state index contributed by atoms with van der Waals surface area (Å²) in [6.45, 7) is 11.2. The van der Waals surface area contributed by atoms with Crippen LogP contribution in [0.1, 0.15) is 55.5 Å². The number of hydrogen-bond donors (Lipinski definition) is 0. The van der Waals surface area contributed by atoms with Gasteiger partial charge in [-0.1, -0.05) is 24.6 Å². The highest BCUT2D eigenvalue weighted by molar-refractivity contribution is 7.96. The fourth-order valence-corrected chi connectivity index (χ4v) is 5.98. The first-order valence-corrected chi connectivity index (χ1v) is 13.6. The summed E-state index contributed by atoms with van der Waals surface area (Å²) in [4.78, 5) is 2.46. The Hall–Kier alpha value is -2.29. The lowest BCUT2D eigenvalue weighted by Gasteiger charge is -2.34. The van der Waals surface area contributed by atoms with E-state index < -0.39 is 0 Å². The molecule has 0 N–H and O–H groups in total. The predicted molar refractivity (Wildman–Crippen MR) is 140 cm³/mol. The maximum Gasteiger partial charge on any atom is 0.159 e. The number of ether oxygens (including phenoxy) is 1. The minimum absolute atomic E-state index is 0.441. The summed E-state index contributed by atoms with van der Waals surface area (Å²) < 4.78 is 12.3. The molecule has 3 aliphatic heterocycles. The van der Waals surface area contributed by atoms with Crippen molar-refractivity contribution < 1.29 is 4.74 Å². The topological polar surface area (TPSA) is 51.4 Å². The molecule has 0 aliphatic carbocycles. The Kier molecular flexibility index (Phi) is 6.99. The van der Waals surface area contributed by atoms with Gasteiger partial charge in [0, 0.05) is 75.0 Å². The van der Waals surface area contributed by atoms with Gasteiger partial charge in [-0.2, -0.15) is 10.2 Å². The SMILES string of the molecule is C=C(/C=C1/CCCN(c2nn(C3CCOCC3)c3c2CN(SC)CC3)/C1=C/C)c1cnn(C)c1. The Balaban J connectivity index is 1.51. The lowest BCUT2D eigenvalue weighted by Crippen LogP contribution is -2.32. The van der Waals surface area contributed by atoms with Gasteiger partial charge in [0.25, 0.3) is 0 Å². The standard InChI is InChI=1S/C26H36N6OS/c1-5-24-20(15-19(2)21-16-27-29(3)17-21)7-6-11-31(24)26-23-18-30(34-4)12-8-25(23)32(28-26)22-9-13-33-14-10-22/h5,15-17,22H,2,6-14,18H2,1,3-4H3/b20-15-,24-5+. The molecule has 0 radical (unpaired) electrons. The number of aryl methyl sites for hydroxylation is 1. The second kappa shape index (κ2) is 10.1. The maximum absolute atomic E-state index is 5.65. The van der Waals surface area contributed by atoms with Gasteiger partial charge >= 0.3 is 0 Å². The molecule has 2 aromatic rings. The molecule has 0 aromatic carbocycles. The van der Waals surface area contributed by atoms with E-state index >= 15 is 0 Å². The summed E-state index contributed by atoms with van der Waals surface area (Å²) >= 11 is 1.84. The van der Waals surface area contributed by atoms with E-state index in [0.717, 1.165) is 81.9 Å². The van der Waals surface area contributed by atoms with Crippen LogP contribution in [0.25, 0.3) is 5.57 Å².